The molecule has 25 heavy (non-hydrogen) atoms. The van der Waals surface area contributed by atoms with Crippen LogP contribution in [0.1, 0.15) is 12.0 Å². The molecular formula is C18H15Cl2N5. The number of nitrogens with one attached hydrogen (secondary N) is 1. The van der Waals surface area contributed by atoms with Gasteiger partial charge in [0, 0.05) is 12.2 Å². The van der Waals surface area contributed by atoms with Crippen LogP contribution in [-0.4, -0.2) is 21.7 Å². The number of rotatable bonds is 3. The van der Waals surface area contributed by atoms with Crippen molar-refractivity contribution in [2.24, 2.45) is 0 Å². The summed E-state index contributed by atoms with van der Waals surface area (Å²) in [5.41, 5.74) is 3.05. The van der Waals surface area contributed by atoms with Crippen LogP contribution in [0.2, 0.25) is 10.0 Å². The molecule has 1 aliphatic heterocycles. The first-order chi connectivity index (χ1) is 12.2. The first kappa shape index (κ1) is 16.1. The fourth-order valence-electron chi connectivity index (χ4n) is 2.98. The van der Waals surface area contributed by atoms with Crippen LogP contribution in [0.4, 0.5) is 23.1 Å². The lowest BCUT2D eigenvalue weighted by Gasteiger charge is -2.30. The molecule has 1 N–H and O–H groups in total. The summed E-state index contributed by atoms with van der Waals surface area (Å²) in [5.74, 6) is 1.10. The van der Waals surface area contributed by atoms with Crippen molar-refractivity contribution in [1.82, 2.24) is 15.2 Å². The summed E-state index contributed by atoms with van der Waals surface area (Å²) in [7, 11) is 0. The first-order valence-electron chi connectivity index (χ1n) is 7.98. The molecule has 4 rings (SSSR count). The van der Waals surface area contributed by atoms with Gasteiger partial charge in [-0.15, -0.1) is 5.10 Å². The van der Waals surface area contributed by atoms with Crippen molar-refractivity contribution in [3.05, 3.63) is 64.3 Å². The van der Waals surface area contributed by atoms with Crippen LogP contribution in [0.15, 0.2) is 48.7 Å². The zero-order chi connectivity index (χ0) is 17.2. The smallest absolute Gasteiger partial charge is 0.249 e. The fourth-order valence-corrected chi connectivity index (χ4v) is 3.47. The molecule has 3 aromatic rings. The van der Waals surface area contributed by atoms with Gasteiger partial charge in [-0.25, -0.2) is 0 Å². The Labute approximate surface area is 155 Å². The highest BCUT2D eigenvalue weighted by Gasteiger charge is 2.19. The second-order valence-corrected chi connectivity index (χ2v) is 6.56. The van der Waals surface area contributed by atoms with Crippen LogP contribution in [0.25, 0.3) is 0 Å². The van der Waals surface area contributed by atoms with Crippen molar-refractivity contribution in [2.45, 2.75) is 12.8 Å². The minimum absolute atomic E-state index is 0.357. The lowest BCUT2D eigenvalue weighted by atomic mass is 10.0. The normalized spacial score (nSPS) is 13.4. The SMILES string of the molecule is Clc1cccc(Cl)c1Nc1nncc(N2CCCc3ccccc32)n1. The van der Waals surface area contributed by atoms with E-state index in [9.17, 15) is 0 Å². The number of para-hydroxylation sites is 2. The fraction of sp³-hybridized carbons (Fsp3) is 0.167. The Morgan fingerprint density at radius 1 is 1.00 bits per heavy atom. The van der Waals surface area contributed by atoms with E-state index >= 15 is 0 Å². The molecule has 2 aromatic carbocycles. The number of hydrogen-bond donors (Lipinski definition) is 1. The second kappa shape index (κ2) is 6.86. The minimum Gasteiger partial charge on any atom is -0.325 e. The number of benzene rings is 2. The third-order valence-corrected chi connectivity index (χ3v) is 4.76. The molecule has 1 aromatic heterocycles. The molecule has 0 bridgehead atoms. The Bertz CT molecular complexity index is 895. The zero-order valence-electron chi connectivity index (χ0n) is 13.3. The Morgan fingerprint density at radius 3 is 2.64 bits per heavy atom. The summed E-state index contributed by atoms with van der Waals surface area (Å²) in [5, 5.41) is 12.2. The van der Waals surface area contributed by atoms with Crippen molar-refractivity contribution >= 4 is 46.3 Å². The van der Waals surface area contributed by atoms with Crippen LogP contribution in [0.5, 0.6) is 0 Å². The van der Waals surface area contributed by atoms with Crippen LogP contribution in [0.3, 0.4) is 0 Å². The van der Waals surface area contributed by atoms with E-state index in [0.717, 1.165) is 30.9 Å². The molecule has 0 saturated carbocycles. The molecule has 0 saturated heterocycles. The van der Waals surface area contributed by atoms with Gasteiger partial charge in [0.05, 0.1) is 21.9 Å². The lowest BCUT2D eigenvalue weighted by molar-refractivity contribution is 0.754. The molecule has 0 atom stereocenters. The van der Waals surface area contributed by atoms with Gasteiger partial charge in [-0.1, -0.05) is 47.5 Å². The summed E-state index contributed by atoms with van der Waals surface area (Å²) >= 11 is 12.4. The highest BCUT2D eigenvalue weighted by Crippen LogP contribution is 2.34. The largest absolute Gasteiger partial charge is 0.325 e. The predicted molar refractivity (Wildman–Crippen MR) is 101 cm³/mol. The van der Waals surface area contributed by atoms with Gasteiger partial charge in [-0.3, -0.25) is 0 Å². The average Bonchev–Trinajstić information content (AvgIpc) is 2.65. The predicted octanol–water partition coefficient (Wildman–Crippen LogP) is 5.01. The highest BCUT2D eigenvalue weighted by atomic mass is 35.5. The molecule has 126 valence electrons. The lowest BCUT2D eigenvalue weighted by Crippen LogP contribution is -2.25. The molecule has 1 aliphatic rings. The van der Waals surface area contributed by atoms with Gasteiger partial charge >= 0.3 is 0 Å². The Kier molecular flexibility index (Phi) is 4.42. The number of halogens is 2. The molecule has 5 nitrogen and oxygen atoms in total. The summed E-state index contributed by atoms with van der Waals surface area (Å²) in [6, 6.07) is 13.7. The van der Waals surface area contributed by atoms with Gasteiger partial charge in [-0.05, 0) is 36.6 Å². The summed E-state index contributed by atoms with van der Waals surface area (Å²) in [6.07, 6.45) is 3.81. The number of nitrogens with zero attached hydrogens (tertiary/aromatic N) is 4. The van der Waals surface area contributed by atoms with E-state index in [1.165, 1.54) is 5.56 Å². The number of aryl methyl sites for hydroxylation is 1. The van der Waals surface area contributed by atoms with Crippen LogP contribution >= 0.6 is 23.2 Å². The number of fused-ring (bicyclic) bond motifs is 1. The Hall–Kier alpha value is -2.37. The van der Waals surface area contributed by atoms with Crippen molar-refractivity contribution in [3.63, 3.8) is 0 Å². The summed E-state index contributed by atoms with van der Waals surface area (Å²) < 4.78 is 0. The van der Waals surface area contributed by atoms with Crippen LogP contribution in [0, 0.1) is 0 Å². The van der Waals surface area contributed by atoms with Gasteiger partial charge in [0.1, 0.15) is 0 Å². The number of hydrogen-bond acceptors (Lipinski definition) is 5. The van der Waals surface area contributed by atoms with Crippen molar-refractivity contribution in [1.29, 1.82) is 0 Å². The third kappa shape index (κ3) is 3.25. The summed E-state index contributed by atoms with van der Waals surface area (Å²) in [4.78, 5) is 6.76. The quantitative estimate of drug-likeness (QED) is 0.701. The maximum Gasteiger partial charge on any atom is 0.249 e. The molecular weight excluding hydrogens is 357 g/mol. The third-order valence-electron chi connectivity index (χ3n) is 4.13. The van der Waals surface area contributed by atoms with E-state index in [2.05, 4.69) is 43.6 Å². The van der Waals surface area contributed by atoms with Gasteiger partial charge in [-0.2, -0.15) is 10.1 Å². The molecule has 0 fully saturated rings. The van der Waals surface area contributed by atoms with Crippen molar-refractivity contribution in [2.75, 3.05) is 16.8 Å². The molecule has 7 heteroatoms. The molecule has 0 amide bonds. The molecule has 0 aliphatic carbocycles. The molecule has 2 heterocycles. The second-order valence-electron chi connectivity index (χ2n) is 5.74. The number of anilines is 4. The zero-order valence-corrected chi connectivity index (χ0v) is 14.8. The van der Waals surface area contributed by atoms with Crippen molar-refractivity contribution < 1.29 is 0 Å². The van der Waals surface area contributed by atoms with E-state index in [4.69, 9.17) is 23.2 Å². The summed E-state index contributed by atoms with van der Waals surface area (Å²) in [6.45, 7) is 0.891. The first-order valence-corrected chi connectivity index (χ1v) is 8.74. The van der Waals surface area contributed by atoms with Gasteiger partial charge in [0.25, 0.3) is 0 Å². The maximum atomic E-state index is 6.20. The van der Waals surface area contributed by atoms with Gasteiger partial charge < -0.3 is 10.2 Å². The molecule has 0 unspecified atom stereocenters. The Balaban J connectivity index is 1.67. The Morgan fingerprint density at radius 2 is 1.80 bits per heavy atom. The molecule has 0 spiro atoms. The minimum atomic E-state index is 0.357. The topological polar surface area (TPSA) is 53.9 Å². The van der Waals surface area contributed by atoms with E-state index in [1.807, 2.05) is 6.07 Å². The van der Waals surface area contributed by atoms with E-state index in [0.29, 0.717) is 21.7 Å². The standard InChI is InChI=1S/C18H15Cl2N5/c19-13-7-3-8-14(20)17(13)23-18-22-16(11-21-24-18)25-10-4-6-12-5-1-2-9-15(12)25/h1-3,5,7-9,11H,4,6,10H2,(H,22,23,24). The maximum absolute atomic E-state index is 6.20. The average molecular weight is 372 g/mol. The van der Waals surface area contributed by atoms with E-state index < -0.39 is 0 Å². The van der Waals surface area contributed by atoms with Crippen molar-refractivity contribution in [3.8, 4) is 0 Å². The van der Waals surface area contributed by atoms with E-state index in [-0.39, 0.29) is 0 Å². The van der Waals surface area contributed by atoms with Crippen LogP contribution < -0.4 is 10.2 Å². The highest BCUT2D eigenvalue weighted by molar-refractivity contribution is 6.39. The van der Waals surface area contributed by atoms with Gasteiger partial charge in [0.2, 0.25) is 5.95 Å². The van der Waals surface area contributed by atoms with Crippen LogP contribution in [-0.2, 0) is 6.42 Å². The van der Waals surface area contributed by atoms with E-state index in [1.54, 1.807) is 24.4 Å². The monoisotopic (exact) mass is 371 g/mol. The van der Waals surface area contributed by atoms with Gasteiger partial charge in [0.15, 0.2) is 5.82 Å². The number of aromatic nitrogens is 3. The molecule has 0 radical (unpaired) electrons.